The van der Waals surface area contributed by atoms with E-state index in [4.69, 9.17) is 5.26 Å². The van der Waals surface area contributed by atoms with E-state index in [0.29, 0.717) is 6.54 Å². The quantitative estimate of drug-likeness (QED) is 0.747. The Morgan fingerprint density at radius 2 is 2.43 bits per heavy atom. The number of nitriles is 1. The fourth-order valence-electron chi connectivity index (χ4n) is 1.18. The normalized spacial score (nSPS) is 12.4. The smallest absolute Gasteiger partial charge is 0.146 e. The van der Waals surface area contributed by atoms with Crippen molar-refractivity contribution in [2.24, 2.45) is 0 Å². The molecule has 14 heavy (non-hydrogen) atoms. The Labute approximate surface area is 83.8 Å². The molecule has 0 fully saturated rings. The van der Waals surface area contributed by atoms with Gasteiger partial charge in [0.05, 0.1) is 18.7 Å². The van der Waals surface area contributed by atoms with Crippen molar-refractivity contribution in [3.05, 3.63) is 12.2 Å². The standard InChI is InChI=1S/C9H15N5/c1-3-8(5-10)11-6-9-13-12-7-14(9)4-2/h7-8,11H,3-4,6H2,1-2H3. The van der Waals surface area contributed by atoms with Crippen molar-refractivity contribution >= 4 is 0 Å². The molecule has 1 atom stereocenters. The lowest BCUT2D eigenvalue weighted by molar-refractivity contribution is 0.551. The van der Waals surface area contributed by atoms with Crippen LogP contribution in [-0.2, 0) is 13.1 Å². The third-order valence-electron chi connectivity index (χ3n) is 2.11. The Morgan fingerprint density at radius 3 is 3.00 bits per heavy atom. The lowest BCUT2D eigenvalue weighted by Gasteiger charge is -2.08. The van der Waals surface area contributed by atoms with Crippen LogP contribution in [0.5, 0.6) is 0 Å². The van der Waals surface area contributed by atoms with Crippen LogP contribution in [0.3, 0.4) is 0 Å². The first-order chi connectivity index (χ1) is 6.81. The first kappa shape index (κ1) is 10.7. The van der Waals surface area contributed by atoms with Crippen LogP contribution in [0.15, 0.2) is 6.33 Å². The zero-order valence-electron chi connectivity index (χ0n) is 8.56. The van der Waals surface area contributed by atoms with Crippen LogP contribution in [0.1, 0.15) is 26.1 Å². The second-order valence-corrected chi connectivity index (χ2v) is 3.00. The van der Waals surface area contributed by atoms with Gasteiger partial charge in [-0.25, -0.2) is 0 Å². The van der Waals surface area contributed by atoms with E-state index < -0.39 is 0 Å². The number of hydrogen-bond acceptors (Lipinski definition) is 4. The van der Waals surface area contributed by atoms with Crippen LogP contribution in [0.4, 0.5) is 0 Å². The maximum atomic E-state index is 8.73. The molecule has 0 saturated heterocycles. The molecule has 0 aliphatic rings. The fraction of sp³-hybridized carbons (Fsp3) is 0.667. The van der Waals surface area contributed by atoms with Gasteiger partial charge in [-0.2, -0.15) is 5.26 Å². The van der Waals surface area contributed by atoms with E-state index in [2.05, 4.69) is 21.6 Å². The number of aryl methyl sites for hydroxylation is 1. The Bertz CT molecular complexity index is 311. The van der Waals surface area contributed by atoms with E-state index >= 15 is 0 Å². The summed E-state index contributed by atoms with van der Waals surface area (Å²) in [7, 11) is 0. The number of hydrogen-bond donors (Lipinski definition) is 1. The molecule has 1 aromatic heterocycles. The molecule has 1 unspecified atom stereocenters. The minimum atomic E-state index is -0.1000. The molecule has 0 spiro atoms. The SMILES string of the molecule is CCC(C#N)NCc1nncn1CC. The van der Waals surface area contributed by atoms with Crippen LogP contribution < -0.4 is 5.32 Å². The molecule has 1 rings (SSSR count). The lowest BCUT2D eigenvalue weighted by Crippen LogP contribution is -2.27. The second-order valence-electron chi connectivity index (χ2n) is 3.00. The Kier molecular flexibility index (Phi) is 4.08. The minimum absolute atomic E-state index is 0.1000. The van der Waals surface area contributed by atoms with Crippen molar-refractivity contribution in [1.82, 2.24) is 20.1 Å². The van der Waals surface area contributed by atoms with Gasteiger partial charge in [-0.1, -0.05) is 6.92 Å². The fourth-order valence-corrected chi connectivity index (χ4v) is 1.18. The third kappa shape index (κ3) is 2.54. The number of rotatable bonds is 5. The molecule has 5 nitrogen and oxygen atoms in total. The van der Waals surface area contributed by atoms with Crippen LogP contribution in [0.25, 0.3) is 0 Å². The molecular formula is C9H15N5. The highest BCUT2D eigenvalue weighted by Crippen LogP contribution is 1.96. The average Bonchev–Trinajstić information content (AvgIpc) is 2.67. The van der Waals surface area contributed by atoms with E-state index in [1.807, 2.05) is 18.4 Å². The van der Waals surface area contributed by atoms with Gasteiger partial charge in [-0.3, -0.25) is 5.32 Å². The molecule has 1 N–H and O–H groups in total. The first-order valence-corrected chi connectivity index (χ1v) is 4.81. The van der Waals surface area contributed by atoms with Gasteiger partial charge in [-0.15, -0.1) is 10.2 Å². The lowest BCUT2D eigenvalue weighted by atomic mass is 10.2. The topological polar surface area (TPSA) is 66.5 Å². The highest BCUT2D eigenvalue weighted by Gasteiger charge is 2.06. The zero-order chi connectivity index (χ0) is 10.4. The predicted molar refractivity (Wildman–Crippen MR) is 52.2 cm³/mol. The van der Waals surface area contributed by atoms with E-state index in [1.54, 1.807) is 6.33 Å². The monoisotopic (exact) mass is 193 g/mol. The predicted octanol–water partition coefficient (Wildman–Crippen LogP) is 0.690. The van der Waals surface area contributed by atoms with Gasteiger partial charge >= 0.3 is 0 Å². The maximum Gasteiger partial charge on any atom is 0.146 e. The van der Waals surface area contributed by atoms with Crippen LogP contribution >= 0.6 is 0 Å². The summed E-state index contributed by atoms with van der Waals surface area (Å²) in [4.78, 5) is 0. The van der Waals surface area contributed by atoms with E-state index in [9.17, 15) is 0 Å². The Balaban J connectivity index is 2.49. The molecule has 0 aliphatic carbocycles. The van der Waals surface area contributed by atoms with Gasteiger partial charge in [0.2, 0.25) is 0 Å². The highest BCUT2D eigenvalue weighted by molar-refractivity contribution is 4.92. The van der Waals surface area contributed by atoms with Crippen molar-refractivity contribution in [3.63, 3.8) is 0 Å². The molecule has 0 aromatic carbocycles. The summed E-state index contributed by atoms with van der Waals surface area (Å²) < 4.78 is 1.96. The van der Waals surface area contributed by atoms with Crippen molar-refractivity contribution in [3.8, 4) is 6.07 Å². The average molecular weight is 193 g/mol. The van der Waals surface area contributed by atoms with Crippen molar-refractivity contribution in [1.29, 1.82) is 5.26 Å². The Hall–Kier alpha value is -1.41. The van der Waals surface area contributed by atoms with Gasteiger partial charge in [0.1, 0.15) is 12.2 Å². The third-order valence-corrected chi connectivity index (χ3v) is 2.11. The largest absolute Gasteiger partial charge is 0.317 e. The highest BCUT2D eigenvalue weighted by atomic mass is 15.3. The van der Waals surface area contributed by atoms with Crippen LogP contribution in [0, 0.1) is 11.3 Å². The number of nitrogens with zero attached hydrogens (tertiary/aromatic N) is 4. The van der Waals surface area contributed by atoms with Gasteiger partial charge < -0.3 is 4.57 Å². The van der Waals surface area contributed by atoms with Crippen molar-refractivity contribution < 1.29 is 0 Å². The molecule has 5 heteroatoms. The van der Waals surface area contributed by atoms with Gasteiger partial charge in [0, 0.05) is 6.54 Å². The second kappa shape index (κ2) is 5.35. The molecule has 76 valence electrons. The summed E-state index contributed by atoms with van der Waals surface area (Å²) in [5.41, 5.74) is 0. The van der Waals surface area contributed by atoms with Gasteiger partial charge in [-0.05, 0) is 13.3 Å². The first-order valence-electron chi connectivity index (χ1n) is 4.81. The minimum Gasteiger partial charge on any atom is -0.317 e. The van der Waals surface area contributed by atoms with Crippen molar-refractivity contribution in [2.45, 2.75) is 39.4 Å². The molecule has 0 aliphatic heterocycles. The van der Waals surface area contributed by atoms with E-state index in [-0.39, 0.29) is 6.04 Å². The summed E-state index contributed by atoms with van der Waals surface area (Å²) in [6, 6.07) is 2.08. The summed E-state index contributed by atoms with van der Waals surface area (Å²) in [5.74, 6) is 0.876. The van der Waals surface area contributed by atoms with Gasteiger partial charge in [0.25, 0.3) is 0 Å². The number of aromatic nitrogens is 3. The molecule has 0 bridgehead atoms. The van der Waals surface area contributed by atoms with E-state index in [1.165, 1.54) is 0 Å². The van der Waals surface area contributed by atoms with E-state index in [0.717, 1.165) is 18.8 Å². The molecule has 0 amide bonds. The summed E-state index contributed by atoms with van der Waals surface area (Å²) in [6.45, 7) is 5.47. The van der Waals surface area contributed by atoms with Crippen LogP contribution in [-0.4, -0.2) is 20.8 Å². The zero-order valence-corrected chi connectivity index (χ0v) is 8.56. The molecular weight excluding hydrogens is 178 g/mol. The summed E-state index contributed by atoms with van der Waals surface area (Å²) >= 11 is 0. The number of nitrogens with one attached hydrogen (secondary N) is 1. The summed E-state index contributed by atoms with van der Waals surface area (Å²) in [5, 5.41) is 19.6. The Morgan fingerprint density at radius 1 is 1.64 bits per heavy atom. The molecule has 0 radical (unpaired) electrons. The van der Waals surface area contributed by atoms with Crippen molar-refractivity contribution in [2.75, 3.05) is 0 Å². The van der Waals surface area contributed by atoms with Gasteiger partial charge in [0.15, 0.2) is 0 Å². The van der Waals surface area contributed by atoms with Crippen LogP contribution in [0.2, 0.25) is 0 Å². The molecule has 0 saturated carbocycles. The molecule has 1 heterocycles. The maximum absolute atomic E-state index is 8.73. The summed E-state index contributed by atoms with van der Waals surface area (Å²) in [6.07, 6.45) is 2.50. The molecule has 1 aromatic rings.